The second-order valence-corrected chi connectivity index (χ2v) is 6.28. The second-order valence-electron chi connectivity index (χ2n) is 5.36. The summed E-state index contributed by atoms with van der Waals surface area (Å²) in [4.78, 5) is 13.5. The van der Waals surface area contributed by atoms with Crippen LogP contribution in [-0.4, -0.2) is 24.1 Å². The van der Waals surface area contributed by atoms with Crippen LogP contribution >= 0.6 is 15.9 Å². The largest absolute Gasteiger partial charge is 0.445 e. The Morgan fingerprint density at radius 1 is 1.22 bits per heavy atom. The van der Waals surface area contributed by atoms with Crippen LogP contribution in [0.3, 0.4) is 0 Å². The molecule has 0 radical (unpaired) electrons. The molecule has 1 heterocycles. The van der Waals surface area contributed by atoms with E-state index in [0.717, 1.165) is 11.1 Å². The maximum absolute atomic E-state index is 13.8. The summed E-state index contributed by atoms with van der Waals surface area (Å²) in [7, 11) is 0. The Labute approximate surface area is 142 Å². The van der Waals surface area contributed by atoms with Gasteiger partial charge in [-0.2, -0.15) is 0 Å². The van der Waals surface area contributed by atoms with Gasteiger partial charge < -0.3 is 9.64 Å². The molecule has 0 N–H and O–H groups in total. The molecule has 0 atom stereocenters. The molecule has 0 saturated carbocycles. The average molecular weight is 376 g/mol. The van der Waals surface area contributed by atoms with Crippen LogP contribution in [0.15, 0.2) is 58.6 Å². The number of carbonyl (C=O) groups is 1. The lowest BCUT2D eigenvalue weighted by Crippen LogP contribution is -2.44. The third kappa shape index (κ3) is 3.99. The van der Waals surface area contributed by atoms with E-state index in [4.69, 9.17) is 4.74 Å². The normalized spacial score (nSPS) is 13.5. The number of halogens is 2. The highest BCUT2D eigenvalue weighted by Gasteiger charge is 2.26. The molecule has 1 aliphatic rings. The van der Waals surface area contributed by atoms with E-state index in [1.807, 2.05) is 30.3 Å². The lowest BCUT2D eigenvalue weighted by Gasteiger charge is -2.33. The van der Waals surface area contributed by atoms with Crippen molar-refractivity contribution in [1.29, 1.82) is 0 Å². The standard InChI is InChI=1S/C18H15BrFNO2/c19-16-7-6-15(17(20)9-16)8-14-10-21(11-14)18(22)23-12-13-4-2-1-3-5-13/h1-9H,10-12H2. The van der Waals surface area contributed by atoms with Crippen LogP contribution in [0, 0.1) is 5.82 Å². The van der Waals surface area contributed by atoms with E-state index < -0.39 is 0 Å². The van der Waals surface area contributed by atoms with Gasteiger partial charge in [0.25, 0.3) is 0 Å². The summed E-state index contributed by atoms with van der Waals surface area (Å²) in [5.41, 5.74) is 2.48. The summed E-state index contributed by atoms with van der Waals surface area (Å²) >= 11 is 3.23. The molecule has 0 aliphatic carbocycles. The summed E-state index contributed by atoms with van der Waals surface area (Å²) in [6.45, 7) is 1.21. The van der Waals surface area contributed by atoms with E-state index in [-0.39, 0.29) is 18.5 Å². The van der Waals surface area contributed by atoms with Gasteiger partial charge in [-0.05, 0) is 29.3 Å². The van der Waals surface area contributed by atoms with Gasteiger partial charge in [0.2, 0.25) is 0 Å². The van der Waals surface area contributed by atoms with Crippen LogP contribution in [0.25, 0.3) is 6.08 Å². The molecule has 0 bridgehead atoms. The maximum Gasteiger partial charge on any atom is 0.410 e. The van der Waals surface area contributed by atoms with E-state index in [2.05, 4.69) is 15.9 Å². The fourth-order valence-electron chi connectivity index (χ4n) is 2.31. The Hall–Kier alpha value is -2.14. The Balaban J connectivity index is 1.52. The minimum Gasteiger partial charge on any atom is -0.445 e. The monoisotopic (exact) mass is 375 g/mol. The average Bonchev–Trinajstić information content (AvgIpc) is 2.51. The molecule has 118 valence electrons. The molecule has 0 aromatic heterocycles. The SMILES string of the molecule is O=C(OCc1ccccc1)N1CC(=Cc2ccc(Br)cc2F)C1. The highest BCUT2D eigenvalue weighted by Crippen LogP contribution is 2.22. The van der Waals surface area contributed by atoms with Gasteiger partial charge in [-0.25, -0.2) is 9.18 Å². The Morgan fingerprint density at radius 2 is 1.96 bits per heavy atom. The molecular formula is C18H15BrFNO2. The first kappa shape index (κ1) is 15.7. The van der Waals surface area contributed by atoms with Gasteiger partial charge in [0.15, 0.2) is 0 Å². The highest BCUT2D eigenvalue weighted by atomic mass is 79.9. The smallest absolute Gasteiger partial charge is 0.410 e. The molecule has 3 nitrogen and oxygen atoms in total. The fourth-order valence-corrected chi connectivity index (χ4v) is 2.65. The summed E-state index contributed by atoms with van der Waals surface area (Å²) in [6, 6.07) is 14.5. The molecule has 5 heteroatoms. The molecule has 3 rings (SSSR count). The number of nitrogens with zero attached hydrogens (tertiary/aromatic N) is 1. The van der Waals surface area contributed by atoms with Crippen molar-refractivity contribution in [1.82, 2.24) is 4.90 Å². The number of hydrogen-bond acceptors (Lipinski definition) is 2. The molecule has 0 spiro atoms. The molecule has 0 unspecified atom stereocenters. The number of benzene rings is 2. The zero-order valence-corrected chi connectivity index (χ0v) is 13.9. The van der Waals surface area contributed by atoms with Gasteiger partial charge in [-0.15, -0.1) is 0 Å². The van der Waals surface area contributed by atoms with Crippen molar-refractivity contribution in [2.45, 2.75) is 6.61 Å². The first-order valence-electron chi connectivity index (χ1n) is 7.22. The van der Waals surface area contributed by atoms with Crippen molar-refractivity contribution in [2.24, 2.45) is 0 Å². The van der Waals surface area contributed by atoms with Gasteiger partial charge in [-0.3, -0.25) is 0 Å². The first-order chi connectivity index (χ1) is 11.1. The van der Waals surface area contributed by atoms with Crippen LogP contribution < -0.4 is 0 Å². The third-order valence-corrected chi connectivity index (χ3v) is 4.07. The van der Waals surface area contributed by atoms with Crippen LogP contribution in [0.2, 0.25) is 0 Å². The summed E-state index contributed by atoms with van der Waals surface area (Å²) in [6.07, 6.45) is 1.44. The van der Waals surface area contributed by atoms with Gasteiger partial charge in [0, 0.05) is 23.1 Å². The predicted octanol–water partition coefficient (Wildman–Crippen LogP) is 4.62. The van der Waals surface area contributed by atoms with Gasteiger partial charge >= 0.3 is 6.09 Å². The van der Waals surface area contributed by atoms with Crippen LogP contribution in [0.1, 0.15) is 11.1 Å². The van der Waals surface area contributed by atoms with Crippen molar-refractivity contribution in [3.63, 3.8) is 0 Å². The minimum atomic E-state index is -0.345. The van der Waals surface area contributed by atoms with E-state index in [1.165, 1.54) is 6.07 Å². The van der Waals surface area contributed by atoms with E-state index in [9.17, 15) is 9.18 Å². The topological polar surface area (TPSA) is 29.5 Å². The minimum absolute atomic E-state index is 0.260. The van der Waals surface area contributed by atoms with Crippen LogP contribution in [-0.2, 0) is 11.3 Å². The van der Waals surface area contributed by atoms with E-state index in [1.54, 1.807) is 23.1 Å². The van der Waals surface area contributed by atoms with Gasteiger partial charge in [0.1, 0.15) is 12.4 Å². The third-order valence-electron chi connectivity index (χ3n) is 3.57. The zero-order chi connectivity index (χ0) is 16.2. The number of ether oxygens (including phenoxy) is 1. The molecular weight excluding hydrogens is 361 g/mol. The number of rotatable bonds is 3. The maximum atomic E-state index is 13.8. The predicted molar refractivity (Wildman–Crippen MR) is 90.3 cm³/mol. The lowest BCUT2D eigenvalue weighted by molar-refractivity contribution is 0.0907. The summed E-state index contributed by atoms with van der Waals surface area (Å²) in [5.74, 6) is -0.281. The van der Waals surface area contributed by atoms with Crippen molar-refractivity contribution < 1.29 is 13.9 Å². The summed E-state index contributed by atoms with van der Waals surface area (Å²) in [5, 5.41) is 0. The fraction of sp³-hybridized carbons (Fsp3) is 0.167. The van der Waals surface area contributed by atoms with Gasteiger partial charge in [0.05, 0.1) is 0 Å². The Kier molecular flexibility index (Phi) is 4.76. The molecule has 1 amide bonds. The van der Waals surface area contributed by atoms with Crippen molar-refractivity contribution >= 4 is 28.1 Å². The first-order valence-corrected chi connectivity index (χ1v) is 8.01. The second kappa shape index (κ2) is 6.96. The Bertz CT molecular complexity index is 738. The molecule has 1 fully saturated rings. The summed E-state index contributed by atoms with van der Waals surface area (Å²) < 4.78 is 19.7. The van der Waals surface area contributed by atoms with E-state index >= 15 is 0 Å². The van der Waals surface area contributed by atoms with E-state index in [0.29, 0.717) is 23.1 Å². The quantitative estimate of drug-likeness (QED) is 0.782. The number of amides is 1. The number of carbonyl (C=O) groups excluding carboxylic acids is 1. The van der Waals surface area contributed by atoms with Gasteiger partial charge in [-0.1, -0.05) is 52.3 Å². The van der Waals surface area contributed by atoms with Crippen molar-refractivity contribution in [3.05, 3.63) is 75.5 Å². The van der Waals surface area contributed by atoms with Crippen molar-refractivity contribution in [2.75, 3.05) is 13.1 Å². The number of hydrogen-bond donors (Lipinski definition) is 0. The molecule has 1 saturated heterocycles. The van der Waals surface area contributed by atoms with Crippen LogP contribution in [0.5, 0.6) is 0 Å². The van der Waals surface area contributed by atoms with Crippen LogP contribution in [0.4, 0.5) is 9.18 Å². The molecule has 1 aliphatic heterocycles. The molecule has 2 aromatic rings. The Morgan fingerprint density at radius 3 is 2.65 bits per heavy atom. The lowest BCUT2D eigenvalue weighted by atomic mass is 10.0. The van der Waals surface area contributed by atoms with Crippen molar-refractivity contribution in [3.8, 4) is 0 Å². The molecule has 2 aromatic carbocycles. The number of likely N-dealkylation sites (tertiary alicyclic amines) is 1. The highest BCUT2D eigenvalue weighted by molar-refractivity contribution is 9.10. The molecule has 23 heavy (non-hydrogen) atoms. The zero-order valence-electron chi connectivity index (χ0n) is 12.3.